The molecule has 238 valence electrons. The van der Waals surface area contributed by atoms with Crippen LogP contribution in [0.3, 0.4) is 0 Å². The number of benzene rings is 3. The summed E-state index contributed by atoms with van der Waals surface area (Å²) in [6.07, 6.45) is -0.437. The Kier molecular flexibility index (Phi) is 9.60. The van der Waals surface area contributed by atoms with Crippen LogP contribution in [-0.4, -0.2) is 83.3 Å². The number of ether oxygens (including phenoxy) is 3. The SMILES string of the molecule is C[C@H]1CN(C(=O)OCc2ccccc2)CCN1C(=O)c1ccc(O[C@H]2CCN(C(=O)OC(C)(C)C)C2)c(-c2ccc(F)cc2)c1. The first-order valence-electron chi connectivity index (χ1n) is 15.3. The minimum absolute atomic E-state index is 0.174. The molecule has 2 atom stereocenters. The first-order chi connectivity index (χ1) is 21.5. The Morgan fingerprint density at radius 2 is 1.58 bits per heavy atom. The third-order valence-corrected chi connectivity index (χ3v) is 7.82. The molecule has 2 heterocycles. The zero-order chi connectivity index (χ0) is 32.1. The summed E-state index contributed by atoms with van der Waals surface area (Å²) in [4.78, 5) is 44.0. The number of hydrogen-bond acceptors (Lipinski definition) is 6. The highest BCUT2D eigenvalue weighted by Crippen LogP contribution is 2.34. The molecule has 0 aliphatic carbocycles. The van der Waals surface area contributed by atoms with Crippen molar-refractivity contribution in [1.29, 1.82) is 0 Å². The number of nitrogens with zero attached hydrogens (tertiary/aromatic N) is 3. The maximum Gasteiger partial charge on any atom is 0.410 e. The summed E-state index contributed by atoms with van der Waals surface area (Å²) in [5.74, 6) is -0.00820. The number of piperazine rings is 1. The molecule has 3 aromatic rings. The molecular weight excluding hydrogens is 577 g/mol. The van der Waals surface area contributed by atoms with E-state index in [1.54, 1.807) is 45.0 Å². The van der Waals surface area contributed by atoms with Crippen LogP contribution >= 0.6 is 0 Å². The van der Waals surface area contributed by atoms with Gasteiger partial charge in [0.25, 0.3) is 5.91 Å². The number of halogens is 1. The molecule has 0 unspecified atom stereocenters. The Morgan fingerprint density at radius 3 is 2.27 bits per heavy atom. The van der Waals surface area contributed by atoms with Crippen LogP contribution in [0.15, 0.2) is 72.8 Å². The zero-order valence-corrected chi connectivity index (χ0v) is 26.2. The van der Waals surface area contributed by atoms with Crippen LogP contribution < -0.4 is 4.74 Å². The van der Waals surface area contributed by atoms with Crippen molar-refractivity contribution in [1.82, 2.24) is 14.7 Å². The minimum Gasteiger partial charge on any atom is -0.488 e. The van der Waals surface area contributed by atoms with Gasteiger partial charge in [-0.25, -0.2) is 14.0 Å². The maximum absolute atomic E-state index is 13.8. The second-order valence-corrected chi connectivity index (χ2v) is 12.5. The molecule has 45 heavy (non-hydrogen) atoms. The molecule has 0 radical (unpaired) electrons. The number of hydrogen-bond donors (Lipinski definition) is 0. The number of carbonyl (C=O) groups excluding carboxylic acids is 3. The smallest absolute Gasteiger partial charge is 0.410 e. The van der Waals surface area contributed by atoms with Crippen molar-refractivity contribution < 1.29 is 33.0 Å². The van der Waals surface area contributed by atoms with Gasteiger partial charge in [-0.2, -0.15) is 0 Å². The van der Waals surface area contributed by atoms with Crippen molar-refractivity contribution in [3.63, 3.8) is 0 Å². The van der Waals surface area contributed by atoms with E-state index in [1.807, 2.05) is 58.0 Å². The Labute approximate surface area is 263 Å². The maximum atomic E-state index is 13.8. The summed E-state index contributed by atoms with van der Waals surface area (Å²) >= 11 is 0. The van der Waals surface area contributed by atoms with E-state index in [1.165, 1.54) is 12.1 Å². The number of amides is 3. The topological polar surface area (TPSA) is 88.6 Å². The Bertz CT molecular complexity index is 1510. The second-order valence-electron chi connectivity index (χ2n) is 12.5. The first kappa shape index (κ1) is 31.8. The largest absolute Gasteiger partial charge is 0.488 e. The normalized spacial score (nSPS) is 18.5. The van der Waals surface area contributed by atoms with Gasteiger partial charge in [0.2, 0.25) is 0 Å². The Hall–Kier alpha value is -4.60. The molecular formula is C35H40FN3O6. The molecule has 3 amide bonds. The van der Waals surface area contributed by atoms with E-state index in [0.717, 1.165) is 5.56 Å². The predicted octanol–water partition coefficient (Wildman–Crippen LogP) is 6.36. The van der Waals surface area contributed by atoms with Gasteiger partial charge in [-0.1, -0.05) is 42.5 Å². The van der Waals surface area contributed by atoms with E-state index in [4.69, 9.17) is 14.2 Å². The van der Waals surface area contributed by atoms with E-state index < -0.39 is 11.7 Å². The zero-order valence-electron chi connectivity index (χ0n) is 26.2. The quantitative estimate of drug-likeness (QED) is 0.320. The summed E-state index contributed by atoms with van der Waals surface area (Å²) < 4.78 is 31.2. The highest BCUT2D eigenvalue weighted by Gasteiger charge is 2.33. The monoisotopic (exact) mass is 617 g/mol. The molecule has 0 aromatic heterocycles. The van der Waals surface area contributed by atoms with E-state index >= 15 is 0 Å². The van der Waals surface area contributed by atoms with Crippen LogP contribution in [-0.2, 0) is 16.1 Å². The van der Waals surface area contributed by atoms with Gasteiger partial charge in [-0.05, 0) is 69.2 Å². The molecule has 5 rings (SSSR count). The first-order valence-corrected chi connectivity index (χ1v) is 15.3. The third-order valence-electron chi connectivity index (χ3n) is 7.82. The average Bonchev–Trinajstić information content (AvgIpc) is 3.49. The predicted molar refractivity (Wildman–Crippen MR) is 167 cm³/mol. The van der Waals surface area contributed by atoms with E-state index in [0.29, 0.717) is 61.6 Å². The van der Waals surface area contributed by atoms with Crippen LogP contribution in [0.5, 0.6) is 5.75 Å². The number of rotatable bonds is 6. The molecule has 0 spiro atoms. The van der Waals surface area contributed by atoms with Crippen LogP contribution in [0.1, 0.15) is 50.0 Å². The van der Waals surface area contributed by atoms with Crippen LogP contribution in [0, 0.1) is 5.82 Å². The lowest BCUT2D eigenvalue weighted by atomic mass is 10.0. The van der Waals surface area contributed by atoms with Crippen molar-refractivity contribution in [3.05, 3.63) is 89.7 Å². The highest BCUT2D eigenvalue weighted by molar-refractivity contribution is 5.96. The third kappa shape index (κ3) is 8.12. The fraction of sp³-hybridized carbons (Fsp3) is 0.400. The van der Waals surface area contributed by atoms with Gasteiger partial charge < -0.3 is 28.9 Å². The van der Waals surface area contributed by atoms with Crippen molar-refractivity contribution in [2.75, 3.05) is 32.7 Å². The molecule has 0 N–H and O–H groups in total. The van der Waals surface area contributed by atoms with Gasteiger partial charge in [0.1, 0.15) is 29.9 Å². The molecule has 2 fully saturated rings. The number of likely N-dealkylation sites (tertiary alicyclic amines) is 1. The van der Waals surface area contributed by atoms with Gasteiger partial charge in [0.15, 0.2) is 0 Å². The van der Waals surface area contributed by atoms with E-state index in [9.17, 15) is 18.8 Å². The molecule has 2 saturated heterocycles. The molecule has 9 nitrogen and oxygen atoms in total. The molecule has 2 aliphatic rings. The fourth-order valence-corrected chi connectivity index (χ4v) is 5.52. The van der Waals surface area contributed by atoms with Gasteiger partial charge in [-0.3, -0.25) is 4.79 Å². The molecule has 2 aliphatic heterocycles. The van der Waals surface area contributed by atoms with Gasteiger partial charge >= 0.3 is 12.2 Å². The fourth-order valence-electron chi connectivity index (χ4n) is 5.52. The second kappa shape index (κ2) is 13.6. The van der Waals surface area contributed by atoms with Crippen molar-refractivity contribution in [2.45, 2.75) is 58.5 Å². The van der Waals surface area contributed by atoms with Gasteiger partial charge in [0, 0.05) is 49.8 Å². The summed E-state index contributed by atoms with van der Waals surface area (Å²) in [7, 11) is 0. The van der Waals surface area contributed by atoms with Gasteiger partial charge in [-0.15, -0.1) is 0 Å². The van der Waals surface area contributed by atoms with Crippen LogP contribution in [0.4, 0.5) is 14.0 Å². The van der Waals surface area contributed by atoms with E-state index in [2.05, 4.69) is 0 Å². The standard InChI is InChI=1S/C35H40FN3O6/c1-24-21-38(33(41)43-23-25-8-6-5-7-9-25)18-19-39(24)32(40)27-12-15-31(30(20-27)26-10-13-28(36)14-11-26)44-29-16-17-37(22-29)34(42)45-35(2,3)4/h5-15,20,24,29H,16-19,21-23H2,1-4H3/t24-,29-/m0/s1. The van der Waals surface area contributed by atoms with Crippen molar-refractivity contribution in [3.8, 4) is 16.9 Å². The lowest BCUT2D eigenvalue weighted by molar-refractivity contribution is 0.0275. The van der Waals surface area contributed by atoms with Gasteiger partial charge in [0.05, 0.1) is 6.54 Å². The molecule has 3 aromatic carbocycles. The summed E-state index contributed by atoms with van der Waals surface area (Å²) in [6.45, 7) is 9.51. The van der Waals surface area contributed by atoms with Crippen molar-refractivity contribution >= 4 is 18.1 Å². The highest BCUT2D eigenvalue weighted by atomic mass is 19.1. The Balaban J connectivity index is 1.27. The Morgan fingerprint density at radius 1 is 0.867 bits per heavy atom. The summed E-state index contributed by atoms with van der Waals surface area (Å²) in [6, 6.07) is 20.5. The minimum atomic E-state index is -0.593. The molecule has 10 heteroatoms. The van der Waals surface area contributed by atoms with E-state index in [-0.39, 0.29) is 36.6 Å². The molecule has 0 bridgehead atoms. The average molecular weight is 618 g/mol. The molecule has 0 saturated carbocycles. The lowest BCUT2D eigenvalue weighted by Gasteiger charge is -2.39. The van der Waals surface area contributed by atoms with Crippen LogP contribution in [0.2, 0.25) is 0 Å². The summed E-state index contributed by atoms with van der Waals surface area (Å²) in [5, 5.41) is 0. The van der Waals surface area contributed by atoms with Crippen molar-refractivity contribution in [2.24, 2.45) is 0 Å². The lowest BCUT2D eigenvalue weighted by Crippen LogP contribution is -2.55. The summed E-state index contributed by atoms with van der Waals surface area (Å²) in [5.41, 5.74) is 2.11. The van der Waals surface area contributed by atoms with Crippen LogP contribution in [0.25, 0.3) is 11.1 Å². The number of carbonyl (C=O) groups is 3.